The molecule has 1 aromatic carbocycles. The van der Waals surface area contributed by atoms with Gasteiger partial charge >= 0.3 is 0 Å². The van der Waals surface area contributed by atoms with E-state index < -0.39 is 0 Å². The van der Waals surface area contributed by atoms with E-state index in [9.17, 15) is 0 Å². The number of aromatic nitrogens is 2. The van der Waals surface area contributed by atoms with Gasteiger partial charge in [0, 0.05) is 5.39 Å². The van der Waals surface area contributed by atoms with Crippen molar-refractivity contribution in [2.75, 3.05) is 26.7 Å². The summed E-state index contributed by atoms with van der Waals surface area (Å²) in [6.45, 7) is 7.04. The van der Waals surface area contributed by atoms with Crippen molar-refractivity contribution in [2.45, 2.75) is 32.7 Å². The number of fused-ring (bicyclic) bond motifs is 3. The molecule has 0 unspecified atom stereocenters. The minimum Gasteiger partial charge on any atom is -0.497 e. The van der Waals surface area contributed by atoms with Crippen LogP contribution in [0, 0.1) is 6.92 Å². The van der Waals surface area contributed by atoms with Crippen LogP contribution in [0.25, 0.3) is 21.3 Å². The van der Waals surface area contributed by atoms with E-state index in [1.165, 1.54) is 54.6 Å². The number of benzene rings is 1. The minimum atomic E-state index is 0.906. The summed E-state index contributed by atoms with van der Waals surface area (Å²) >= 11 is 1.81. The molecule has 1 saturated heterocycles. The van der Waals surface area contributed by atoms with Crippen LogP contribution in [0.4, 0.5) is 0 Å². The molecule has 0 aliphatic carbocycles. The summed E-state index contributed by atoms with van der Waals surface area (Å²) in [6, 6.07) is 6.37. The molecule has 4 nitrogen and oxygen atoms in total. The fourth-order valence-corrected chi connectivity index (χ4v) is 4.71. The number of rotatable bonds is 4. The molecule has 1 aliphatic heterocycles. The molecule has 122 valence electrons. The first-order valence-corrected chi connectivity index (χ1v) is 9.35. The zero-order chi connectivity index (χ0) is 15.8. The standard InChI is InChI=1S/C18H23N3OS/c1-13-19-17-15-12-14(22-2)6-7-16(15)21(18(17)23-13)11-10-20-8-4-3-5-9-20/h6-7,12H,3-5,8-11H2,1-2H3/p+1. The van der Waals surface area contributed by atoms with Crippen LogP contribution < -0.4 is 9.64 Å². The van der Waals surface area contributed by atoms with Crippen LogP contribution >= 0.6 is 11.3 Å². The molecule has 5 heteroatoms. The SMILES string of the molecule is COc1ccc2c(c1)c1nc(C)sc1n2CC[NH+]1CCCCC1. The van der Waals surface area contributed by atoms with Crippen LogP contribution in [-0.2, 0) is 6.54 Å². The number of methoxy groups -OCH3 is 1. The smallest absolute Gasteiger partial charge is 0.124 e. The van der Waals surface area contributed by atoms with E-state index in [2.05, 4.69) is 29.7 Å². The molecular weight excluding hydrogens is 306 g/mol. The van der Waals surface area contributed by atoms with Crippen molar-refractivity contribution in [1.29, 1.82) is 0 Å². The van der Waals surface area contributed by atoms with Crippen molar-refractivity contribution in [3.63, 3.8) is 0 Å². The Kier molecular flexibility index (Phi) is 3.99. The number of hydrogen-bond donors (Lipinski definition) is 1. The van der Waals surface area contributed by atoms with E-state index in [1.807, 2.05) is 0 Å². The molecule has 2 aromatic heterocycles. The number of piperidine rings is 1. The molecule has 0 atom stereocenters. The van der Waals surface area contributed by atoms with Gasteiger partial charge in [-0.25, -0.2) is 4.98 Å². The molecule has 3 heterocycles. The number of thiazole rings is 1. The van der Waals surface area contributed by atoms with Crippen molar-refractivity contribution in [1.82, 2.24) is 9.55 Å². The number of nitrogens with zero attached hydrogens (tertiary/aromatic N) is 2. The third-order valence-corrected chi connectivity index (χ3v) is 5.95. The molecule has 1 fully saturated rings. The van der Waals surface area contributed by atoms with E-state index in [1.54, 1.807) is 23.3 Å². The lowest BCUT2D eigenvalue weighted by Gasteiger charge is -2.23. The van der Waals surface area contributed by atoms with Gasteiger partial charge in [-0.05, 0) is 44.4 Å². The van der Waals surface area contributed by atoms with Crippen molar-refractivity contribution < 1.29 is 9.64 Å². The lowest BCUT2D eigenvalue weighted by atomic mass is 10.1. The second-order valence-electron chi connectivity index (χ2n) is 6.48. The lowest BCUT2D eigenvalue weighted by molar-refractivity contribution is -0.905. The summed E-state index contributed by atoms with van der Waals surface area (Å²) in [5.74, 6) is 0.906. The Morgan fingerprint density at radius 1 is 1.26 bits per heavy atom. The highest BCUT2D eigenvalue weighted by Gasteiger charge is 2.18. The van der Waals surface area contributed by atoms with Gasteiger partial charge in [-0.3, -0.25) is 0 Å². The predicted molar refractivity (Wildman–Crippen MR) is 95.8 cm³/mol. The van der Waals surface area contributed by atoms with Gasteiger partial charge in [-0.1, -0.05) is 0 Å². The first kappa shape index (κ1) is 15.0. The monoisotopic (exact) mass is 330 g/mol. The first-order chi connectivity index (χ1) is 11.3. The third-order valence-electron chi connectivity index (χ3n) is 4.96. The van der Waals surface area contributed by atoms with Crippen LogP contribution in [-0.4, -0.2) is 36.3 Å². The Balaban J connectivity index is 1.73. The van der Waals surface area contributed by atoms with Crippen LogP contribution in [0.2, 0.25) is 0 Å². The predicted octanol–water partition coefficient (Wildman–Crippen LogP) is 2.64. The number of likely N-dealkylation sites (tertiary alicyclic amines) is 1. The third kappa shape index (κ3) is 2.72. The summed E-state index contributed by atoms with van der Waals surface area (Å²) in [5, 5.41) is 2.36. The maximum atomic E-state index is 5.40. The van der Waals surface area contributed by atoms with Gasteiger partial charge < -0.3 is 14.2 Å². The summed E-state index contributed by atoms with van der Waals surface area (Å²) < 4.78 is 7.87. The van der Waals surface area contributed by atoms with Gasteiger partial charge in [0.1, 0.15) is 16.1 Å². The summed E-state index contributed by atoms with van der Waals surface area (Å²) in [6.07, 6.45) is 4.18. The van der Waals surface area contributed by atoms with Crippen molar-refractivity contribution in [3.05, 3.63) is 23.2 Å². The molecule has 1 N–H and O–H groups in total. The quantitative estimate of drug-likeness (QED) is 0.797. The van der Waals surface area contributed by atoms with Crippen molar-refractivity contribution in [3.8, 4) is 5.75 Å². The normalized spacial score (nSPS) is 16.4. The summed E-state index contributed by atoms with van der Waals surface area (Å²) in [5.41, 5.74) is 2.42. The van der Waals surface area contributed by atoms with E-state index >= 15 is 0 Å². The van der Waals surface area contributed by atoms with Crippen LogP contribution in [0.5, 0.6) is 5.75 Å². The Morgan fingerprint density at radius 3 is 2.87 bits per heavy atom. The maximum Gasteiger partial charge on any atom is 0.124 e. The fraction of sp³-hybridized carbons (Fsp3) is 0.500. The second-order valence-corrected chi connectivity index (χ2v) is 7.66. The highest BCUT2D eigenvalue weighted by atomic mass is 32.1. The van der Waals surface area contributed by atoms with Crippen LogP contribution in [0.1, 0.15) is 24.3 Å². The average molecular weight is 330 g/mol. The van der Waals surface area contributed by atoms with E-state index in [4.69, 9.17) is 9.72 Å². The Bertz CT molecular complexity index is 830. The zero-order valence-electron chi connectivity index (χ0n) is 13.9. The molecule has 1 aliphatic rings. The zero-order valence-corrected chi connectivity index (χ0v) is 14.7. The molecule has 23 heavy (non-hydrogen) atoms. The molecule has 0 bridgehead atoms. The minimum absolute atomic E-state index is 0.906. The van der Waals surface area contributed by atoms with Gasteiger partial charge in [-0.2, -0.15) is 0 Å². The van der Waals surface area contributed by atoms with E-state index in [0.717, 1.165) is 22.8 Å². The Morgan fingerprint density at radius 2 is 2.09 bits per heavy atom. The topological polar surface area (TPSA) is 31.5 Å². The first-order valence-electron chi connectivity index (χ1n) is 8.53. The highest BCUT2D eigenvalue weighted by molar-refractivity contribution is 7.18. The number of hydrogen-bond acceptors (Lipinski definition) is 3. The second kappa shape index (κ2) is 6.13. The van der Waals surface area contributed by atoms with Gasteiger partial charge in [0.15, 0.2) is 0 Å². The highest BCUT2D eigenvalue weighted by Crippen LogP contribution is 2.34. The Hall–Kier alpha value is -1.59. The molecular formula is C18H24N3OS+. The van der Waals surface area contributed by atoms with Crippen LogP contribution in [0.15, 0.2) is 18.2 Å². The molecule has 0 amide bonds. The average Bonchev–Trinajstić information content (AvgIpc) is 3.09. The van der Waals surface area contributed by atoms with Crippen LogP contribution in [0.3, 0.4) is 0 Å². The van der Waals surface area contributed by atoms with E-state index in [-0.39, 0.29) is 0 Å². The van der Waals surface area contributed by atoms with Crippen molar-refractivity contribution >= 4 is 32.6 Å². The number of nitrogens with one attached hydrogen (secondary N) is 1. The fourth-order valence-electron chi connectivity index (χ4n) is 3.74. The van der Waals surface area contributed by atoms with Gasteiger partial charge in [0.25, 0.3) is 0 Å². The van der Waals surface area contributed by atoms with Gasteiger partial charge in [0.2, 0.25) is 0 Å². The maximum absolute atomic E-state index is 5.40. The molecule has 4 rings (SSSR count). The summed E-state index contributed by atoms with van der Waals surface area (Å²) in [7, 11) is 1.72. The number of ether oxygens (including phenoxy) is 1. The number of quaternary nitrogens is 1. The number of aryl methyl sites for hydroxylation is 1. The van der Waals surface area contributed by atoms with E-state index in [0.29, 0.717) is 0 Å². The molecule has 3 aromatic rings. The molecule has 0 radical (unpaired) electrons. The molecule has 0 spiro atoms. The lowest BCUT2D eigenvalue weighted by Crippen LogP contribution is -3.13. The summed E-state index contributed by atoms with van der Waals surface area (Å²) in [4.78, 5) is 7.83. The largest absolute Gasteiger partial charge is 0.497 e. The van der Waals surface area contributed by atoms with Gasteiger partial charge in [0.05, 0.1) is 43.8 Å². The van der Waals surface area contributed by atoms with Gasteiger partial charge in [-0.15, -0.1) is 11.3 Å². The Labute approximate surface area is 140 Å². The van der Waals surface area contributed by atoms with Crippen molar-refractivity contribution in [2.24, 2.45) is 0 Å². The molecule has 0 saturated carbocycles.